The van der Waals surface area contributed by atoms with Crippen LogP contribution >= 0.6 is 0 Å². The van der Waals surface area contributed by atoms with Crippen LogP contribution in [0.15, 0.2) is 30.3 Å². The van der Waals surface area contributed by atoms with Crippen LogP contribution in [0.4, 0.5) is 0 Å². The summed E-state index contributed by atoms with van der Waals surface area (Å²) in [6.45, 7) is 1.15. The first-order chi connectivity index (χ1) is 9.74. The largest absolute Gasteiger partial charge is 0.392 e. The summed E-state index contributed by atoms with van der Waals surface area (Å²) in [6, 6.07) is 9.68. The van der Waals surface area contributed by atoms with E-state index >= 15 is 0 Å². The Morgan fingerprint density at radius 1 is 1.35 bits per heavy atom. The monoisotopic (exact) mass is 276 g/mol. The Kier molecular flexibility index (Phi) is 4.00. The summed E-state index contributed by atoms with van der Waals surface area (Å²) < 4.78 is 5.75. The van der Waals surface area contributed by atoms with Crippen molar-refractivity contribution in [2.45, 2.75) is 37.1 Å². The van der Waals surface area contributed by atoms with Gasteiger partial charge < -0.3 is 20.5 Å². The van der Waals surface area contributed by atoms with Gasteiger partial charge in [0.2, 0.25) is 5.91 Å². The highest BCUT2D eigenvalue weighted by Gasteiger charge is 2.34. The molecular weight excluding hydrogens is 256 g/mol. The number of β-amino-alcohol motifs (C(OH)–C–C–N with tert-alkyl or cyclic N) is 1. The summed E-state index contributed by atoms with van der Waals surface area (Å²) in [5.74, 6) is -0.0435. The van der Waals surface area contributed by atoms with Crippen molar-refractivity contribution in [2.24, 2.45) is 0 Å². The third kappa shape index (κ3) is 2.85. The second kappa shape index (κ2) is 5.91. The van der Waals surface area contributed by atoms with Crippen molar-refractivity contribution in [3.05, 3.63) is 35.9 Å². The van der Waals surface area contributed by atoms with Crippen molar-refractivity contribution < 1.29 is 14.6 Å². The predicted molar refractivity (Wildman–Crippen MR) is 74.1 cm³/mol. The van der Waals surface area contributed by atoms with Gasteiger partial charge in [-0.2, -0.15) is 0 Å². The number of hydrogen-bond acceptors (Lipinski definition) is 4. The number of carbonyl (C=O) groups is 1. The summed E-state index contributed by atoms with van der Waals surface area (Å²) in [7, 11) is 0. The van der Waals surface area contributed by atoms with Gasteiger partial charge in [-0.3, -0.25) is 4.79 Å². The molecule has 2 aliphatic rings. The van der Waals surface area contributed by atoms with Gasteiger partial charge in [-0.1, -0.05) is 30.3 Å². The van der Waals surface area contributed by atoms with Gasteiger partial charge in [-0.25, -0.2) is 0 Å². The van der Waals surface area contributed by atoms with Crippen molar-refractivity contribution in [2.75, 3.05) is 13.2 Å². The minimum Gasteiger partial charge on any atom is -0.392 e. The van der Waals surface area contributed by atoms with Crippen LogP contribution in [-0.2, 0) is 9.53 Å². The van der Waals surface area contributed by atoms with Gasteiger partial charge in [0, 0.05) is 13.2 Å². The molecular formula is C15H20N2O3. The highest BCUT2D eigenvalue weighted by molar-refractivity contribution is 5.82. The van der Waals surface area contributed by atoms with Crippen LogP contribution in [0.1, 0.15) is 24.5 Å². The first kappa shape index (κ1) is 13.5. The Hall–Kier alpha value is -1.43. The summed E-state index contributed by atoms with van der Waals surface area (Å²) in [5.41, 5.74) is 1.09. The number of aliphatic hydroxyl groups is 1. The lowest BCUT2D eigenvalue weighted by Gasteiger charge is -2.22. The molecule has 0 radical (unpaired) electrons. The summed E-state index contributed by atoms with van der Waals surface area (Å²) >= 11 is 0. The minimum absolute atomic E-state index is 0.00411. The molecule has 0 aliphatic carbocycles. The molecule has 4 unspecified atom stereocenters. The number of carbonyl (C=O) groups excluding carboxylic acids is 1. The molecule has 2 fully saturated rings. The standard InChI is InChI=1S/C15H20N2O3/c18-11-8-13(16-9-11)15(19)17-12-6-7-20-14(12)10-4-2-1-3-5-10/h1-5,11-14,16,18H,6-9H2,(H,17,19). The molecule has 1 aromatic carbocycles. The molecule has 2 heterocycles. The second-order valence-corrected chi connectivity index (χ2v) is 5.46. The molecule has 4 atom stereocenters. The van der Waals surface area contributed by atoms with E-state index in [0.717, 1.165) is 12.0 Å². The minimum atomic E-state index is -0.421. The molecule has 20 heavy (non-hydrogen) atoms. The molecule has 0 spiro atoms. The molecule has 2 aliphatic heterocycles. The Bertz CT molecular complexity index is 465. The van der Waals surface area contributed by atoms with E-state index in [1.807, 2.05) is 30.3 Å². The topological polar surface area (TPSA) is 70.6 Å². The van der Waals surface area contributed by atoms with Gasteiger partial charge >= 0.3 is 0 Å². The Balaban J connectivity index is 1.63. The average Bonchev–Trinajstić information content (AvgIpc) is 3.09. The van der Waals surface area contributed by atoms with Crippen LogP contribution in [0, 0.1) is 0 Å². The zero-order valence-corrected chi connectivity index (χ0v) is 11.3. The zero-order chi connectivity index (χ0) is 13.9. The number of ether oxygens (including phenoxy) is 1. The fourth-order valence-corrected chi connectivity index (χ4v) is 2.91. The van der Waals surface area contributed by atoms with Gasteiger partial charge in [-0.05, 0) is 18.4 Å². The van der Waals surface area contributed by atoms with Crippen LogP contribution < -0.4 is 10.6 Å². The van der Waals surface area contributed by atoms with Crippen molar-refractivity contribution in [1.29, 1.82) is 0 Å². The van der Waals surface area contributed by atoms with Gasteiger partial charge in [0.15, 0.2) is 0 Å². The van der Waals surface area contributed by atoms with Gasteiger partial charge in [0.05, 0.1) is 18.2 Å². The SMILES string of the molecule is O=C(NC1CCOC1c1ccccc1)C1CC(O)CN1. The highest BCUT2D eigenvalue weighted by atomic mass is 16.5. The molecule has 1 aromatic rings. The maximum Gasteiger partial charge on any atom is 0.237 e. The normalized spacial score (nSPS) is 33.2. The molecule has 0 saturated carbocycles. The van der Waals surface area contributed by atoms with Gasteiger partial charge in [0.25, 0.3) is 0 Å². The van der Waals surface area contributed by atoms with E-state index in [0.29, 0.717) is 19.6 Å². The number of rotatable bonds is 3. The third-order valence-corrected chi connectivity index (χ3v) is 3.97. The fourth-order valence-electron chi connectivity index (χ4n) is 2.91. The maximum absolute atomic E-state index is 12.2. The molecule has 0 bridgehead atoms. The van der Waals surface area contributed by atoms with Gasteiger partial charge in [-0.15, -0.1) is 0 Å². The summed E-state index contributed by atoms with van der Waals surface area (Å²) in [5, 5.41) is 15.6. The first-order valence-corrected chi connectivity index (χ1v) is 7.12. The smallest absolute Gasteiger partial charge is 0.237 e. The van der Waals surface area contributed by atoms with Crippen LogP contribution in [0.3, 0.4) is 0 Å². The van der Waals surface area contributed by atoms with E-state index in [9.17, 15) is 9.90 Å². The Labute approximate surface area is 118 Å². The fraction of sp³-hybridized carbons (Fsp3) is 0.533. The lowest BCUT2D eigenvalue weighted by molar-refractivity contribution is -0.124. The molecule has 2 saturated heterocycles. The quantitative estimate of drug-likeness (QED) is 0.745. The third-order valence-electron chi connectivity index (χ3n) is 3.97. The van der Waals surface area contributed by atoms with Crippen LogP contribution in [-0.4, -0.2) is 42.4 Å². The predicted octanol–water partition coefficient (Wildman–Crippen LogP) is 0.356. The molecule has 3 rings (SSSR count). The zero-order valence-electron chi connectivity index (χ0n) is 11.3. The maximum atomic E-state index is 12.2. The molecule has 1 amide bonds. The molecule has 5 nitrogen and oxygen atoms in total. The van der Waals surface area contributed by atoms with Crippen molar-refractivity contribution in [3.8, 4) is 0 Å². The Morgan fingerprint density at radius 2 is 2.15 bits per heavy atom. The van der Waals surface area contributed by atoms with E-state index in [1.165, 1.54) is 0 Å². The second-order valence-electron chi connectivity index (χ2n) is 5.46. The van der Waals surface area contributed by atoms with Crippen molar-refractivity contribution >= 4 is 5.91 Å². The lowest BCUT2D eigenvalue weighted by Crippen LogP contribution is -2.46. The average molecular weight is 276 g/mol. The first-order valence-electron chi connectivity index (χ1n) is 7.12. The van der Waals surface area contributed by atoms with Crippen molar-refractivity contribution in [3.63, 3.8) is 0 Å². The van der Waals surface area contributed by atoms with E-state index in [2.05, 4.69) is 10.6 Å². The van der Waals surface area contributed by atoms with E-state index in [-0.39, 0.29) is 24.1 Å². The Morgan fingerprint density at radius 3 is 2.85 bits per heavy atom. The number of aliphatic hydroxyl groups excluding tert-OH is 1. The molecule has 5 heteroatoms. The van der Waals surface area contributed by atoms with E-state index < -0.39 is 6.10 Å². The highest BCUT2D eigenvalue weighted by Crippen LogP contribution is 2.29. The van der Waals surface area contributed by atoms with Gasteiger partial charge in [0.1, 0.15) is 6.10 Å². The van der Waals surface area contributed by atoms with E-state index in [4.69, 9.17) is 4.74 Å². The summed E-state index contributed by atoms with van der Waals surface area (Å²) in [4.78, 5) is 12.2. The van der Waals surface area contributed by atoms with E-state index in [1.54, 1.807) is 0 Å². The van der Waals surface area contributed by atoms with Crippen LogP contribution in [0.5, 0.6) is 0 Å². The number of hydrogen-bond donors (Lipinski definition) is 3. The molecule has 3 N–H and O–H groups in total. The van der Waals surface area contributed by atoms with Crippen LogP contribution in [0.2, 0.25) is 0 Å². The van der Waals surface area contributed by atoms with Crippen molar-refractivity contribution in [1.82, 2.24) is 10.6 Å². The number of benzene rings is 1. The number of nitrogens with one attached hydrogen (secondary N) is 2. The number of amides is 1. The lowest BCUT2D eigenvalue weighted by atomic mass is 10.0. The molecule has 0 aromatic heterocycles. The summed E-state index contributed by atoms with van der Waals surface area (Å²) in [6.07, 6.45) is 0.803. The van der Waals surface area contributed by atoms with Crippen LogP contribution in [0.25, 0.3) is 0 Å². The molecule has 108 valence electrons.